The Bertz CT molecular complexity index is 272. The Labute approximate surface area is 102 Å². The molecule has 2 aliphatic rings. The van der Waals surface area contributed by atoms with Gasteiger partial charge in [-0.25, -0.2) is 0 Å². The summed E-state index contributed by atoms with van der Waals surface area (Å²) in [4.78, 5) is 14.2. The van der Waals surface area contributed by atoms with Gasteiger partial charge in [-0.1, -0.05) is 6.42 Å². The van der Waals surface area contributed by atoms with Gasteiger partial charge in [0, 0.05) is 19.0 Å². The van der Waals surface area contributed by atoms with E-state index >= 15 is 0 Å². The summed E-state index contributed by atoms with van der Waals surface area (Å²) in [6, 6.07) is 0. The molecule has 0 spiro atoms. The highest BCUT2D eigenvalue weighted by molar-refractivity contribution is 5.79. The van der Waals surface area contributed by atoms with E-state index in [-0.39, 0.29) is 24.5 Å². The van der Waals surface area contributed by atoms with Crippen LogP contribution < -0.4 is 5.73 Å². The van der Waals surface area contributed by atoms with E-state index in [0.29, 0.717) is 32.2 Å². The maximum absolute atomic E-state index is 12.4. The van der Waals surface area contributed by atoms with E-state index in [0.717, 1.165) is 19.3 Å². The first-order chi connectivity index (χ1) is 8.26. The van der Waals surface area contributed by atoms with Crippen molar-refractivity contribution in [2.24, 2.45) is 17.6 Å². The zero-order valence-corrected chi connectivity index (χ0v) is 10.2. The van der Waals surface area contributed by atoms with E-state index in [4.69, 9.17) is 15.6 Å². The zero-order valence-electron chi connectivity index (χ0n) is 10.2. The van der Waals surface area contributed by atoms with Crippen LogP contribution in [0.2, 0.25) is 0 Å². The molecule has 1 saturated carbocycles. The molecular formula is C12H22N2O3. The van der Waals surface area contributed by atoms with Crippen molar-refractivity contribution < 1.29 is 14.6 Å². The number of carbonyl (C=O) groups excluding carboxylic acids is 1. The average molecular weight is 242 g/mol. The fourth-order valence-electron chi connectivity index (χ4n) is 2.91. The fourth-order valence-corrected chi connectivity index (χ4v) is 2.91. The van der Waals surface area contributed by atoms with Crippen LogP contribution in [-0.2, 0) is 9.53 Å². The third-order valence-electron chi connectivity index (χ3n) is 3.93. The highest BCUT2D eigenvalue weighted by Gasteiger charge is 2.36. The number of hydrogen-bond acceptors (Lipinski definition) is 4. The molecule has 3 unspecified atom stereocenters. The maximum atomic E-state index is 12.4. The number of nitrogens with two attached hydrogens (primary N) is 1. The summed E-state index contributed by atoms with van der Waals surface area (Å²) in [6.45, 7) is 2.27. The van der Waals surface area contributed by atoms with E-state index in [1.807, 2.05) is 4.90 Å². The summed E-state index contributed by atoms with van der Waals surface area (Å²) in [5.74, 6) is 0.648. The lowest BCUT2D eigenvalue weighted by Gasteiger charge is -2.34. The molecule has 2 fully saturated rings. The lowest BCUT2D eigenvalue weighted by molar-refractivity contribution is -0.145. The first kappa shape index (κ1) is 12.8. The molecule has 5 heteroatoms. The summed E-state index contributed by atoms with van der Waals surface area (Å²) in [5.41, 5.74) is 5.71. The maximum Gasteiger partial charge on any atom is 0.226 e. The molecular weight excluding hydrogens is 220 g/mol. The molecule has 5 nitrogen and oxygen atoms in total. The number of nitrogens with zero attached hydrogens (tertiary/aromatic N) is 1. The number of aliphatic hydroxyl groups excluding tert-OH is 1. The second-order valence-electron chi connectivity index (χ2n) is 4.99. The van der Waals surface area contributed by atoms with Crippen LogP contribution >= 0.6 is 0 Å². The summed E-state index contributed by atoms with van der Waals surface area (Å²) < 4.78 is 5.35. The van der Waals surface area contributed by atoms with Crippen molar-refractivity contribution in [3.05, 3.63) is 0 Å². The quantitative estimate of drug-likeness (QED) is 0.705. The second-order valence-corrected chi connectivity index (χ2v) is 4.99. The van der Waals surface area contributed by atoms with Crippen molar-refractivity contribution >= 4 is 5.91 Å². The molecule has 0 bridgehead atoms. The van der Waals surface area contributed by atoms with Gasteiger partial charge in [0.2, 0.25) is 5.91 Å². The van der Waals surface area contributed by atoms with Crippen LogP contribution in [0.3, 0.4) is 0 Å². The number of aliphatic hydroxyl groups is 1. The second kappa shape index (κ2) is 5.80. The van der Waals surface area contributed by atoms with Crippen LogP contribution in [0, 0.1) is 11.8 Å². The molecule has 98 valence electrons. The minimum atomic E-state index is -0.217. The van der Waals surface area contributed by atoms with E-state index in [2.05, 4.69) is 0 Å². The van der Waals surface area contributed by atoms with Gasteiger partial charge in [0.25, 0.3) is 0 Å². The van der Waals surface area contributed by atoms with Gasteiger partial charge in [0.05, 0.1) is 19.3 Å². The predicted octanol–water partition coefficient (Wildman–Crippen LogP) is -0.419. The third kappa shape index (κ3) is 2.78. The Morgan fingerprint density at radius 2 is 2.29 bits per heavy atom. The summed E-state index contributed by atoms with van der Waals surface area (Å²) in [5, 5.41) is 9.07. The monoisotopic (exact) mass is 242 g/mol. The van der Waals surface area contributed by atoms with Gasteiger partial charge in [-0.15, -0.1) is 0 Å². The molecule has 0 radical (unpaired) electrons. The smallest absolute Gasteiger partial charge is 0.226 e. The number of hydrogen-bond donors (Lipinski definition) is 2. The Morgan fingerprint density at radius 1 is 1.47 bits per heavy atom. The molecule has 1 heterocycles. The molecule has 2 rings (SSSR count). The van der Waals surface area contributed by atoms with Gasteiger partial charge in [-0.05, 0) is 25.3 Å². The first-order valence-corrected chi connectivity index (χ1v) is 6.47. The van der Waals surface area contributed by atoms with Gasteiger partial charge in [-0.2, -0.15) is 0 Å². The Kier molecular flexibility index (Phi) is 4.36. The van der Waals surface area contributed by atoms with Crippen LogP contribution in [0.4, 0.5) is 0 Å². The molecule has 1 aliphatic heterocycles. The van der Waals surface area contributed by atoms with Crippen molar-refractivity contribution in [3.8, 4) is 0 Å². The first-order valence-electron chi connectivity index (χ1n) is 6.47. The zero-order chi connectivity index (χ0) is 12.3. The van der Waals surface area contributed by atoms with E-state index in [1.54, 1.807) is 0 Å². The number of carbonyl (C=O) groups is 1. The SMILES string of the molecule is NCC1CCCC1C(=O)N1CCOC(CO)C1. The van der Waals surface area contributed by atoms with Gasteiger partial charge >= 0.3 is 0 Å². The van der Waals surface area contributed by atoms with Gasteiger partial charge in [-0.3, -0.25) is 4.79 Å². The number of amides is 1. The predicted molar refractivity (Wildman–Crippen MR) is 63.3 cm³/mol. The number of rotatable bonds is 3. The Hall–Kier alpha value is -0.650. The number of ether oxygens (including phenoxy) is 1. The van der Waals surface area contributed by atoms with Crippen LogP contribution in [0.1, 0.15) is 19.3 Å². The lowest BCUT2D eigenvalue weighted by atomic mass is 9.94. The molecule has 3 atom stereocenters. The van der Waals surface area contributed by atoms with Gasteiger partial charge in [0.15, 0.2) is 0 Å². The van der Waals surface area contributed by atoms with Crippen molar-refractivity contribution in [1.82, 2.24) is 4.90 Å². The van der Waals surface area contributed by atoms with Crippen LogP contribution in [0.5, 0.6) is 0 Å². The largest absolute Gasteiger partial charge is 0.394 e. The van der Waals surface area contributed by atoms with E-state index in [9.17, 15) is 4.79 Å². The summed E-state index contributed by atoms with van der Waals surface area (Å²) >= 11 is 0. The standard InChI is InChI=1S/C12H22N2O3/c13-6-9-2-1-3-11(9)12(16)14-4-5-17-10(7-14)8-15/h9-11,15H,1-8,13H2. The third-order valence-corrected chi connectivity index (χ3v) is 3.93. The van der Waals surface area contributed by atoms with E-state index < -0.39 is 0 Å². The van der Waals surface area contributed by atoms with Crippen molar-refractivity contribution in [2.75, 3.05) is 32.8 Å². The van der Waals surface area contributed by atoms with Gasteiger partial charge in [0.1, 0.15) is 0 Å². The highest BCUT2D eigenvalue weighted by atomic mass is 16.5. The summed E-state index contributed by atoms with van der Waals surface area (Å²) in [7, 11) is 0. The molecule has 17 heavy (non-hydrogen) atoms. The molecule has 3 N–H and O–H groups in total. The highest BCUT2D eigenvalue weighted by Crippen LogP contribution is 2.32. The molecule has 1 saturated heterocycles. The van der Waals surface area contributed by atoms with Crippen LogP contribution in [-0.4, -0.2) is 54.9 Å². The molecule has 1 aliphatic carbocycles. The van der Waals surface area contributed by atoms with Crippen molar-refractivity contribution in [2.45, 2.75) is 25.4 Å². The minimum Gasteiger partial charge on any atom is -0.394 e. The molecule has 0 aromatic rings. The molecule has 0 aromatic heterocycles. The Balaban J connectivity index is 1.94. The van der Waals surface area contributed by atoms with E-state index in [1.165, 1.54) is 0 Å². The lowest BCUT2D eigenvalue weighted by Crippen LogP contribution is -2.49. The van der Waals surface area contributed by atoms with Crippen LogP contribution in [0.15, 0.2) is 0 Å². The Morgan fingerprint density at radius 3 is 3.00 bits per heavy atom. The molecule has 0 aromatic carbocycles. The average Bonchev–Trinajstić information content (AvgIpc) is 2.86. The van der Waals surface area contributed by atoms with Crippen molar-refractivity contribution in [1.29, 1.82) is 0 Å². The normalized spacial score (nSPS) is 34.0. The number of morpholine rings is 1. The topological polar surface area (TPSA) is 75.8 Å². The van der Waals surface area contributed by atoms with Crippen LogP contribution in [0.25, 0.3) is 0 Å². The minimum absolute atomic E-state index is 0.0191. The fraction of sp³-hybridized carbons (Fsp3) is 0.917. The van der Waals surface area contributed by atoms with Crippen molar-refractivity contribution in [3.63, 3.8) is 0 Å². The van der Waals surface area contributed by atoms with Gasteiger partial charge < -0.3 is 20.5 Å². The molecule has 1 amide bonds. The summed E-state index contributed by atoms with van der Waals surface area (Å²) in [6.07, 6.45) is 2.92.